The number of ether oxygens (including phenoxy) is 2. The molecule has 4 nitrogen and oxygen atoms in total. The molecule has 0 fully saturated rings. The van der Waals surface area contributed by atoms with Crippen LogP contribution >= 0.6 is 15.9 Å². The lowest BCUT2D eigenvalue weighted by molar-refractivity contribution is 0.106. The molecule has 1 rings (SSSR count). The molecule has 0 spiro atoms. The minimum atomic E-state index is -0.493. The van der Waals surface area contributed by atoms with Crippen molar-refractivity contribution in [1.82, 2.24) is 5.32 Å². The first-order chi connectivity index (χ1) is 9.72. The summed E-state index contributed by atoms with van der Waals surface area (Å²) in [5, 5.41) is 13.0. The second kappa shape index (κ2) is 11.1. The van der Waals surface area contributed by atoms with Crippen molar-refractivity contribution in [2.75, 3.05) is 33.4 Å². The number of hydrogen-bond donors (Lipinski definition) is 2. The number of rotatable bonds is 11. The fourth-order valence-electron chi connectivity index (χ4n) is 1.75. The van der Waals surface area contributed by atoms with Crippen molar-refractivity contribution in [3.05, 3.63) is 28.7 Å². The second-order valence-corrected chi connectivity index (χ2v) is 5.60. The fourth-order valence-corrected chi connectivity index (χ4v) is 2.13. The molecule has 0 amide bonds. The summed E-state index contributed by atoms with van der Waals surface area (Å²) >= 11 is 3.38. The lowest BCUT2D eigenvalue weighted by atomic mass is 10.2. The molecule has 0 aliphatic carbocycles. The first-order valence-electron chi connectivity index (χ1n) is 6.98. The Kier molecular flexibility index (Phi) is 9.66. The van der Waals surface area contributed by atoms with Crippen LogP contribution in [-0.4, -0.2) is 44.6 Å². The Hall–Kier alpha value is -0.620. The van der Waals surface area contributed by atoms with Crippen LogP contribution in [0.1, 0.15) is 19.3 Å². The first kappa shape index (κ1) is 17.4. The summed E-state index contributed by atoms with van der Waals surface area (Å²) in [5.74, 6) is 0.762. The van der Waals surface area contributed by atoms with Gasteiger partial charge in [0.25, 0.3) is 0 Å². The molecule has 2 N–H and O–H groups in total. The molecule has 1 atom stereocenters. The van der Waals surface area contributed by atoms with Crippen LogP contribution in [0.5, 0.6) is 5.75 Å². The molecule has 0 aliphatic heterocycles. The van der Waals surface area contributed by atoms with Gasteiger partial charge in [-0.1, -0.05) is 22.0 Å². The molecule has 0 saturated carbocycles. The molecule has 1 aromatic carbocycles. The molecule has 1 aromatic rings. The number of aliphatic hydroxyl groups is 1. The lowest BCUT2D eigenvalue weighted by Gasteiger charge is -2.13. The number of halogens is 1. The van der Waals surface area contributed by atoms with Crippen LogP contribution in [0.25, 0.3) is 0 Å². The van der Waals surface area contributed by atoms with Gasteiger partial charge in [-0.25, -0.2) is 0 Å². The maximum atomic E-state index is 9.80. The molecule has 114 valence electrons. The van der Waals surface area contributed by atoms with E-state index in [0.29, 0.717) is 13.2 Å². The normalized spacial score (nSPS) is 12.3. The summed E-state index contributed by atoms with van der Waals surface area (Å²) < 4.78 is 11.5. The van der Waals surface area contributed by atoms with Crippen molar-refractivity contribution in [1.29, 1.82) is 0 Å². The molecule has 0 aliphatic rings. The van der Waals surface area contributed by atoms with Crippen molar-refractivity contribution < 1.29 is 14.6 Å². The van der Waals surface area contributed by atoms with Crippen LogP contribution in [0, 0.1) is 0 Å². The SMILES string of the molecule is COCCCCCNCC(O)COc1cccc(Br)c1. The zero-order chi connectivity index (χ0) is 14.6. The van der Waals surface area contributed by atoms with Gasteiger partial charge in [0.2, 0.25) is 0 Å². The van der Waals surface area contributed by atoms with E-state index in [0.717, 1.165) is 42.6 Å². The highest BCUT2D eigenvalue weighted by Gasteiger charge is 2.04. The molecule has 0 heterocycles. The summed E-state index contributed by atoms with van der Waals surface area (Å²) in [6.07, 6.45) is 2.84. The monoisotopic (exact) mass is 345 g/mol. The average Bonchev–Trinajstić information content (AvgIpc) is 2.44. The van der Waals surface area contributed by atoms with Gasteiger partial charge in [0.15, 0.2) is 0 Å². The summed E-state index contributed by atoms with van der Waals surface area (Å²) in [6.45, 7) is 2.59. The van der Waals surface area contributed by atoms with Crippen LogP contribution < -0.4 is 10.1 Å². The van der Waals surface area contributed by atoms with E-state index in [2.05, 4.69) is 21.2 Å². The molecular formula is C15H24BrNO3. The first-order valence-corrected chi connectivity index (χ1v) is 7.77. The van der Waals surface area contributed by atoms with E-state index in [4.69, 9.17) is 9.47 Å². The van der Waals surface area contributed by atoms with Gasteiger partial charge < -0.3 is 19.9 Å². The van der Waals surface area contributed by atoms with Crippen LogP contribution in [0.2, 0.25) is 0 Å². The summed E-state index contributed by atoms with van der Waals surface area (Å²) in [6, 6.07) is 7.61. The molecule has 20 heavy (non-hydrogen) atoms. The Balaban J connectivity index is 2.01. The molecule has 0 saturated heterocycles. The highest BCUT2D eigenvalue weighted by atomic mass is 79.9. The van der Waals surface area contributed by atoms with E-state index in [9.17, 15) is 5.11 Å². The van der Waals surface area contributed by atoms with E-state index in [1.54, 1.807) is 7.11 Å². The van der Waals surface area contributed by atoms with E-state index in [1.807, 2.05) is 24.3 Å². The summed E-state index contributed by atoms with van der Waals surface area (Å²) in [5.41, 5.74) is 0. The molecule has 1 unspecified atom stereocenters. The molecular weight excluding hydrogens is 322 g/mol. The number of unbranched alkanes of at least 4 members (excludes halogenated alkanes) is 2. The maximum absolute atomic E-state index is 9.80. The zero-order valence-corrected chi connectivity index (χ0v) is 13.6. The van der Waals surface area contributed by atoms with Gasteiger partial charge in [0.05, 0.1) is 0 Å². The number of nitrogens with one attached hydrogen (secondary N) is 1. The van der Waals surface area contributed by atoms with E-state index in [1.165, 1.54) is 0 Å². The third kappa shape index (κ3) is 8.53. The maximum Gasteiger partial charge on any atom is 0.120 e. The van der Waals surface area contributed by atoms with Crippen LogP contribution in [0.4, 0.5) is 0 Å². The van der Waals surface area contributed by atoms with E-state index >= 15 is 0 Å². The number of methoxy groups -OCH3 is 1. The highest BCUT2D eigenvalue weighted by Crippen LogP contribution is 2.17. The average molecular weight is 346 g/mol. The molecule has 5 heteroatoms. The lowest BCUT2D eigenvalue weighted by Crippen LogP contribution is -2.32. The van der Waals surface area contributed by atoms with Crippen molar-refractivity contribution in [3.63, 3.8) is 0 Å². The van der Waals surface area contributed by atoms with Crippen molar-refractivity contribution in [2.45, 2.75) is 25.4 Å². The van der Waals surface area contributed by atoms with Crippen LogP contribution in [-0.2, 0) is 4.74 Å². The zero-order valence-electron chi connectivity index (χ0n) is 12.0. The Morgan fingerprint density at radius 2 is 2.15 bits per heavy atom. The highest BCUT2D eigenvalue weighted by molar-refractivity contribution is 9.10. The third-order valence-electron chi connectivity index (χ3n) is 2.82. The fraction of sp³-hybridized carbons (Fsp3) is 0.600. The van der Waals surface area contributed by atoms with Gasteiger partial charge in [-0.2, -0.15) is 0 Å². The number of aliphatic hydroxyl groups excluding tert-OH is 1. The smallest absolute Gasteiger partial charge is 0.120 e. The van der Waals surface area contributed by atoms with Crippen molar-refractivity contribution in [2.24, 2.45) is 0 Å². The Morgan fingerprint density at radius 1 is 1.30 bits per heavy atom. The van der Waals surface area contributed by atoms with Crippen molar-refractivity contribution >= 4 is 15.9 Å². The Labute approximate surface area is 129 Å². The quantitative estimate of drug-likeness (QED) is 0.605. The Morgan fingerprint density at radius 3 is 2.90 bits per heavy atom. The van der Waals surface area contributed by atoms with Gasteiger partial charge >= 0.3 is 0 Å². The number of hydrogen-bond acceptors (Lipinski definition) is 4. The van der Waals surface area contributed by atoms with Gasteiger partial charge in [-0.15, -0.1) is 0 Å². The van der Waals surface area contributed by atoms with Crippen LogP contribution in [0.3, 0.4) is 0 Å². The number of benzene rings is 1. The molecule has 0 aromatic heterocycles. The van der Waals surface area contributed by atoms with Gasteiger partial charge in [0, 0.05) is 24.7 Å². The predicted molar refractivity (Wildman–Crippen MR) is 84.2 cm³/mol. The second-order valence-electron chi connectivity index (χ2n) is 4.68. The van der Waals surface area contributed by atoms with Gasteiger partial charge in [0.1, 0.15) is 18.5 Å². The van der Waals surface area contributed by atoms with E-state index in [-0.39, 0.29) is 0 Å². The summed E-state index contributed by atoms with van der Waals surface area (Å²) in [7, 11) is 1.72. The molecule has 0 bridgehead atoms. The van der Waals surface area contributed by atoms with Gasteiger partial charge in [-0.05, 0) is 44.0 Å². The third-order valence-corrected chi connectivity index (χ3v) is 3.31. The summed E-state index contributed by atoms with van der Waals surface area (Å²) in [4.78, 5) is 0. The minimum absolute atomic E-state index is 0.299. The van der Waals surface area contributed by atoms with Gasteiger partial charge in [-0.3, -0.25) is 0 Å². The molecule has 0 radical (unpaired) electrons. The topological polar surface area (TPSA) is 50.7 Å². The minimum Gasteiger partial charge on any atom is -0.491 e. The largest absolute Gasteiger partial charge is 0.491 e. The predicted octanol–water partition coefficient (Wildman–Crippen LogP) is 2.60. The van der Waals surface area contributed by atoms with E-state index < -0.39 is 6.10 Å². The standard InChI is InChI=1S/C15H24BrNO3/c1-19-9-4-2-3-8-17-11-14(18)12-20-15-7-5-6-13(16)10-15/h5-7,10,14,17-18H,2-4,8-9,11-12H2,1H3. The van der Waals surface area contributed by atoms with Crippen LogP contribution in [0.15, 0.2) is 28.7 Å². The Bertz CT molecular complexity index is 363. The van der Waals surface area contributed by atoms with Crippen molar-refractivity contribution in [3.8, 4) is 5.75 Å².